The van der Waals surface area contributed by atoms with Crippen molar-refractivity contribution in [2.24, 2.45) is 0 Å². The zero-order valence-electron chi connectivity index (χ0n) is 12.2. The molecule has 0 spiro atoms. The number of allylic oxidation sites excluding steroid dienone is 1. The summed E-state index contributed by atoms with van der Waals surface area (Å²) in [7, 11) is 0. The summed E-state index contributed by atoms with van der Waals surface area (Å²) in [5.74, 6) is -0.953. The van der Waals surface area contributed by atoms with E-state index in [1.54, 1.807) is 6.08 Å². The minimum Gasteiger partial charge on any atom is -0.478 e. The second-order valence-electron chi connectivity index (χ2n) is 4.75. The average Bonchev–Trinajstić information content (AvgIpc) is 2.72. The van der Waals surface area contributed by atoms with Crippen LogP contribution in [0.3, 0.4) is 0 Å². The number of hydrogen-bond donors (Lipinski definition) is 1. The van der Waals surface area contributed by atoms with Gasteiger partial charge in [0.05, 0.1) is 12.2 Å². The van der Waals surface area contributed by atoms with Crippen LogP contribution in [0.4, 0.5) is 0 Å². The maximum atomic E-state index is 10.6. The number of carboxylic acids is 1. The van der Waals surface area contributed by atoms with Gasteiger partial charge in [0.2, 0.25) is 0 Å². The molecule has 1 aromatic carbocycles. The number of nitrogens with zero attached hydrogens (tertiary/aromatic N) is 2. The fourth-order valence-corrected chi connectivity index (χ4v) is 2.14. The largest absolute Gasteiger partial charge is 0.478 e. The summed E-state index contributed by atoms with van der Waals surface area (Å²) in [6, 6.07) is 10.1. The Bertz CT molecular complexity index is 682. The molecule has 0 saturated heterocycles. The first-order chi connectivity index (χ1) is 10.1. The van der Waals surface area contributed by atoms with Crippen LogP contribution in [0.5, 0.6) is 0 Å². The molecule has 0 atom stereocenters. The molecule has 4 heteroatoms. The summed E-state index contributed by atoms with van der Waals surface area (Å²) in [4.78, 5) is 10.6. The van der Waals surface area contributed by atoms with Gasteiger partial charge in [-0.15, -0.1) is 0 Å². The van der Waals surface area contributed by atoms with Crippen molar-refractivity contribution in [1.82, 2.24) is 9.78 Å². The molecule has 1 heterocycles. The highest BCUT2D eigenvalue weighted by Crippen LogP contribution is 2.15. The predicted octanol–water partition coefficient (Wildman–Crippen LogP) is 3.31. The van der Waals surface area contributed by atoms with Crippen molar-refractivity contribution >= 4 is 18.1 Å². The van der Waals surface area contributed by atoms with Gasteiger partial charge in [-0.05, 0) is 25.5 Å². The lowest BCUT2D eigenvalue weighted by Gasteiger charge is -2.00. The van der Waals surface area contributed by atoms with E-state index in [4.69, 9.17) is 5.11 Å². The lowest BCUT2D eigenvalue weighted by Crippen LogP contribution is -2.00. The molecule has 0 aliphatic rings. The standard InChI is InChI=1S/C17H18N2O2/c1-13-16(10-11-17(20)21)14(2)19(18-13)12-6-9-15-7-4-3-5-8-15/h3-11H,12H2,1-2H3,(H,20,21). The van der Waals surface area contributed by atoms with Gasteiger partial charge in [-0.1, -0.05) is 42.5 Å². The first-order valence-corrected chi connectivity index (χ1v) is 6.74. The maximum absolute atomic E-state index is 10.6. The topological polar surface area (TPSA) is 55.1 Å². The molecule has 1 N–H and O–H groups in total. The normalized spacial score (nSPS) is 11.5. The van der Waals surface area contributed by atoms with Crippen LogP contribution in [-0.4, -0.2) is 20.9 Å². The summed E-state index contributed by atoms with van der Waals surface area (Å²) in [6.45, 7) is 4.48. The Balaban J connectivity index is 2.13. The number of aromatic nitrogens is 2. The molecule has 1 aromatic heterocycles. The van der Waals surface area contributed by atoms with Gasteiger partial charge in [-0.3, -0.25) is 4.68 Å². The molecule has 0 fully saturated rings. The lowest BCUT2D eigenvalue weighted by atomic mass is 10.2. The molecule has 0 bridgehead atoms. The minimum absolute atomic E-state index is 0.655. The lowest BCUT2D eigenvalue weighted by molar-refractivity contribution is -0.131. The van der Waals surface area contributed by atoms with Gasteiger partial charge >= 0.3 is 5.97 Å². The van der Waals surface area contributed by atoms with E-state index in [0.29, 0.717) is 6.54 Å². The molecule has 2 aromatic rings. The Morgan fingerprint density at radius 3 is 2.62 bits per heavy atom. The zero-order chi connectivity index (χ0) is 15.2. The zero-order valence-corrected chi connectivity index (χ0v) is 12.2. The third-order valence-corrected chi connectivity index (χ3v) is 3.22. The third kappa shape index (κ3) is 3.92. The van der Waals surface area contributed by atoms with E-state index in [9.17, 15) is 4.79 Å². The van der Waals surface area contributed by atoms with Crippen molar-refractivity contribution in [3.05, 3.63) is 65.0 Å². The molecule has 0 unspecified atom stereocenters. The molecule has 2 rings (SSSR count). The number of hydrogen-bond acceptors (Lipinski definition) is 2. The van der Waals surface area contributed by atoms with Crippen LogP contribution in [0, 0.1) is 13.8 Å². The molecule has 4 nitrogen and oxygen atoms in total. The second-order valence-corrected chi connectivity index (χ2v) is 4.75. The molecule has 0 amide bonds. The Morgan fingerprint density at radius 2 is 1.95 bits per heavy atom. The van der Waals surface area contributed by atoms with Crippen LogP contribution in [0.15, 0.2) is 42.5 Å². The fourth-order valence-electron chi connectivity index (χ4n) is 2.14. The molecule has 21 heavy (non-hydrogen) atoms. The molecular weight excluding hydrogens is 264 g/mol. The van der Waals surface area contributed by atoms with Gasteiger partial charge < -0.3 is 5.11 Å². The van der Waals surface area contributed by atoms with Crippen LogP contribution < -0.4 is 0 Å². The molecule has 0 radical (unpaired) electrons. The Kier molecular flexibility index (Phi) is 4.72. The van der Waals surface area contributed by atoms with Crippen LogP contribution >= 0.6 is 0 Å². The first-order valence-electron chi connectivity index (χ1n) is 6.74. The van der Waals surface area contributed by atoms with E-state index in [1.807, 2.05) is 61.0 Å². The first kappa shape index (κ1) is 14.8. The van der Waals surface area contributed by atoms with E-state index in [-0.39, 0.29) is 0 Å². The smallest absolute Gasteiger partial charge is 0.328 e. The number of aryl methyl sites for hydroxylation is 1. The van der Waals surface area contributed by atoms with Crippen molar-refractivity contribution in [2.75, 3.05) is 0 Å². The summed E-state index contributed by atoms with van der Waals surface area (Å²) in [6.07, 6.45) is 6.82. The molecule has 108 valence electrons. The van der Waals surface area contributed by atoms with Gasteiger partial charge in [0.1, 0.15) is 0 Å². The van der Waals surface area contributed by atoms with Crippen LogP contribution in [0.2, 0.25) is 0 Å². The Hall–Kier alpha value is -2.62. The van der Waals surface area contributed by atoms with E-state index in [1.165, 1.54) is 0 Å². The van der Waals surface area contributed by atoms with E-state index in [0.717, 1.165) is 28.6 Å². The number of carbonyl (C=O) groups is 1. The highest BCUT2D eigenvalue weighted by molar-refractivity contribution is 5.85. The van der Waals surface area contributed by atoms with Gasteiger partial charge in [0.15, 0.2) is 0 Å². The summed E-state index contributed by atoms with van der Waals surface area (Å²) >= 11 is 0. The van der Waals surface area contributed by atoms with Crippen molar-refractivity contribution in [2.45, 2.75) is 20.4 Å². The third-order valence-electron chi connectivity index (χ3n) is 3.22. The summed E-state index contributed by atoms with van der Waals surface area (Å²) in [5.41, 5.74) is 3.80. The quantitative estimate of drug-likeness (QED) is 0.856. The Labute approximate surface area is 124 Å². The molecule has 0 aliphatic carbocycles. The summed E-state index contributed by atoms with van der Waals surface area (Å²) < 4.78 is 1.87. The Morgan fingerprint density at radius 1 is 1.24 bits per heavy atom. The number of benzene rings is 1. The van der Waals surface area contributed by atoms with Crippen molar-refractivity contribution in [3.8, 4) is 0 Å². The SMILES string of the molecule is Cc1nn(CC=Cc2ccccc2)c(C)c1C=CC(=O)O. The highest BCUT2D eigenvalue weighted by atomic mass is 16.4. The average molecular weight is 282 g/mol. The van der Waals surface area contributed by atoms with Crippen LogP contribution in [0.25, 0.3) is 12.2 Å². The van der Waals surface area contributed by atoms with Crippen molar-refractivity contribution < 1.29 is 9.90 Å². The summed E-state index contributed by atoms with van der Waals surface area (Å²) in [5, 5.41) is 13.1. The van der Waals surface area contributed by atoms with E-state index in [2.05, 4.69) is 5.10 Å². The van der Waals surface area contributed by atoms with Crippen molar-refractivity contribution in [1.29, 1.82) is 0 Å². The molecule has 0 aliphatic heterocycles. The number of aliphatic carboxylic acids is 1. The van der Waals surface area contributed by atoms with Crippen LogP contribution in [-0.2, 0) is 11.3 Å². The van der Waals surface area contributed by atoms with Gasteiger partial charge in [-0.25, -0.2) is 4.79 Å². The monoisotopic (exact) mass is 282 g/mol. The second kappa shape index (κ2) is 6.70. The molecular formula is C17H18N2O2. The number of carboxylic acid groups (broad SMARTS) is 1. The molecule has 0 saturated carbocycles. The van der Waals surface area contributed by atoms with Gasteiger partial charge in [0, 0.05) is 17.3 Å². The van der Waals surface area contributed by atoms with Gasteiger partial charge in [-0.2, -0.15) is 5.10 Å². The maximum Gasteiger partial charge on any atom is 0.328 e. The van der Waals surface area contributed by atoms with E-state index < -0.39 is 5.97 Å². The minimum atomic E-state index is -0.953. The van der Waals surface area contributed by atoms with Crippen molar-refractivity contribution in [3.63, 3.8) is 0 Å². The fraction of sp³-hybridized carbons (Fsp3) is 0.176. The van der Waals surface area contributed by atoms with Crippen LogP contribution in [0.1, 0.15) is 22.5 Å². The van der Waals surface area contributed by atoms with E-state index >= 15 is 0 Å². The highest BCUT2D eigenvalue weighted by Gasteiger charge is 2.08. The van der Waals surface area contributed by atoms with Gasteiger partial charge in [0.25, 0.3) is 0 Å². The number of rotatable bonds is 5. The predicted molar refractivity (Wildman–Crippen MR) is 83.8 cm³/mol.